The van der Waals surface area contributed by atoms with Gasteiger partial charge in [-0.15, -0.1) is 0 Å². The van der Waals surface area contributed by atoms with E-state index in [0.29, 0.717) is 0 Å². The summed E-state index contributed by atoms with van der Waals surface area (Å²) in [7, 11) is 3.83. The Labute approximate surface area is 119 Å². The molecule has 0 saturated heterocycles. The molecule has 4 rings (SSSR count). The average molecular weight is 275 g/mol. The fourth-order valence-electron chi connectivity index (χ4n) is 4.29. The highest BCUT2D eigenvalue weighted by Crippen LogP contribution is 2.59. The topological polar surface area (TPSA) is 41.9 Å². The quantitative estimate of drug-likeness (QED) is 0.852. The molecule has 0 radical (unpaired) electrons. The molecule has 1 aromatic rings. The molecule has 1 N–H and O–H groups in total. The number of aliphatic hydroxyl groups excluding tert-OH is 1. The van der Waals surface area contributed by atoms with Gasteiger partial charge in [-0.3, -0.25) is 0 Å². The highest BCUT2D eigenvalue weighted by Gasteiger charge is 2.55. The van der Waals surface area contributed by atoms with Crippen LogP contribution in [0.3, 0.4) is 0 Å². The van der Waals surface area contributed by atoms with Crippen molar-refractivity contribution in [3.8, 4) is 11.5 Å². The lowest BCUT2D eigenvalue weighted by Crippen LogP contribution is -2.49. The number of methoxy groups -OCH3 is 1. The van der Waals surface area contributed by atoms with Crippen LogP contribution in [0.25, 0.3) is 0 Å². The van der Waals surface area contributed by atoms with Gasteiger partial charge in [0.1, 0.15) is 6.10 Å². The number of nitrogens with zero attached hydrogens (tertiary/aromatic N) is 1. The second-order valence-corrected chi connectivity index (χ2v) is 6.35. The Morgan fingerprint density at radius 2 is 2.25 bits per heavy atom. The van der Waals surface area contributed by atoms with Crippen molar-refractivity contribution in [1.29, 1.82) is 0 Å². The Bertz CT molecular complexity index is 559. The summed E-state index contributed by atoms with van der Waals surface area (Å²) >= 11 is 0. The van der Waals surface area contributed by atoms with E-state index in [2.05, 4.69) is 18.0 Å². The molecule has 4 heteroatoms. The van der Waals surface area contributed by atoms with E-state index < -0.39 is 0 Å². The zero-order chi connectivity index (χ0) is 13.9. The van der Waals surface area contributed by atoms with Gasteiger partial charge in [0.2, 0.25) is 0 Å². The van der Waals surface area contributed by atoms with E-state index in [0.717, 1.165) is 43.7 Å². The maximum Gasteiger partial charge on any atom is 0.167 e. The number of hydrogen-bond donors (Lipinski definition) is 1. The number of aliphatic hydroxyl groups is 1. The van der Waals surface area contributed by atoms with Gasteiger partial charge >= 0.3 is 0 Å². The van der Waals surface area contributed by atoms with Crippen LogP contribution >= 0.6 is 0 Å². The standard InChI is InChI=1S/C16H21NO3/c1-17-8-7-16-6-5-10(18)9-13(16)20-15-12(19-2)4-3-11(17)14(15)16/h3-4,10,13,18H,5-9H2,1-2H3. The van der Waals surface area contributed by atoms with Crippen LogP contribution in [0.1, 0.15) is 31.2 Å². The van der Waals surface area contributed by atoms with Crippen LogP contribution in [0.4, 0.5) is 5.69 Å². The third-order valence-electron chi connectivity index (χ3n) is 5.41. The normalized spacial score (nSPS) is 34.2. The lowest BCUT2D eigenvalue weighted by Gasteiger charge is -2.45. The predicted octanol–water partition coefficient (Wildman–Crippen LogP) is 2.08. The highest BCUT2D eigenvalue weighted by molar-refractivity contribution is 5.71. The number of rotatable bonds is 1. The van der Waals surface area contributed by atoms with E-state index in [9.17, 15) is 5.11 Å². The molecule has 1 spiro atoms. The van der Waals surface area contributed by atoms with Crippen molar-refractivity contribution < 1.29 is 14.6 Å². The van der Waals surface area contributed by atoms with Gasteiger partial charge in [0, 0.05) is 36.7 Å². The molecule has 2 heterocycles. The molecular weight excluding hydrogens is 254 g/mol. The predicted molar refractivity (Wildman–Crippen MR) is 76.8 cm³/mol. The van der Waals surface area contributed by atoms with Crippen LogP contribution in [0, 0.1) is 0 Å². The first-order chi connectivity index (χ1) is 9.65. The Hall–Kier alpha value is -1.42. The Morgan fingerprint density at radius 1 is 1.40 bits per heavy atom. The summed E-state index contributed by atoms with van der Waals surface area (Å²) in [4.78, 5) is 2.31. The van der Waals surface area contributed by atoms with Gasteiger partial charge < -0.3 is 19.5 Å². The molecule has 1 aliphatic carbocycles. The summed E-state index contributed by atoms with van der Waals surface area (Å²) in [6.07, 6.45) is 3.60. The summed E-state index contributed by atoms with van der Waals surface area (Å²) in [5, 5.41) is 9.99. The summed E-state index contributed by atoms with van der Waals surface area (Å²) in [6.45, 7) is 1.05. The molecule has 3 aliphatic rings. The maximum atomic E-state index is 9.99. The number of hydrogen-bond acceptors (Lipinski definition) is 4. The van der Waals surface area contributed by atoms with Crippen LogP contribution in [0.5, 0.6) is 11.5 Å². The smallest absolute Gasteiger partial charge is 0.167 e. The number of ether oxygens (including phenoxy) is 2. The zero-order valence-corrected chi connectivity index (χ0v) is 12.1. The van der Waals surface area contributed by atoms with Crippen LogP contribution in [-0.4, -0.2) is 38.0 Å². The Kier molecular flexibility index (Phi) is 2.49. The van der Waals surface area contributed by atoms with Crippen molar-refractivity contribution in [2.75, 3.05) is 25.6 Å². The van der Waals surface area contributed by atoms with E-state index in [4.69, 9.17) is 9.47 Å². The molecule has 0 amide bonds. The summed E-state index contributed by atoms with van der Waals surface area (Å²) in [6, 6.07) is 4.15. The molecule has 1 fully saturated rings. The fourth-order valence-corrected chi connectivity index (χ4v) is 4.29. The van der Waals surface area contributed by atoms with E-state index in [1.807, 2.05) is 6.07 Å². The summed E-state index contributed by atoms with van der Waals surface area (Å²) in [5.74, 6) is 1.73. The van der Waals surface area contributed by atoms with Gasteiger partial charge in [-0.05, 0) is 31.4 Å². The summed E-state index contributed by atoms with van der Waals surface area (Å²) < 4.78 is 11.7. The van der Waals surface area contributed by atoms with Crippen LogP contribution < -0.4 is 14.4 Å². The van der Waals surface area contributed by atoms with E-state index in [-0.39, 0.29) is 17.6 Å². The molecule has 1 aromatic carbocycles. The SMILES string of the molecule is COc1ccc2c3c1OC1CC(O)CCC31CCN2C. The van der Waals surface area contributed by atoms with Crippen molar-refractivity contribution in [3.05, 3.63) is 17.7 Å². The van der Waals surface area contributed by atoms with E-state index in [1.54, 1.807) is 7.11 Å². The van der Waals surface area contributed by atoms with Crippen LogP contribution in [0.2, 0.25) is 0 Å². The van der Waals surface area contributed by atoms with Crippen LogP contribution in [0.15, 0.2) is 12.1 Å². The minimum absolute atomic E-state index is 0.0882. The van der Waals surface area contributed by atoms with Gasteiger partial charge in [-0.2, -0.15) is 0 Å². The third kappa shape index (κ3) is 1.40. The van der Waals surface area contributed by atoms with Crippen molar-refractivity contribution in [2.24, 2.45) is 0 Å². The first-order valence-electron chi connectivity index (χ1n) is 7.43. The van der Waals surface area contributed by atoms with Gasteiger partial charge in [0.05, 0.1) is 13.2 Å². The van der Waals surface area contributed by atoms with Gasteiger partial charge in [0.15, 0.2) is 11.5 Å². The Morgan fingerprint density at radius 3 is 3.05 bits per heavy atom. The van der Waals surface area contributed by atoms with Gasteiger partial charge in [0.25, 0.3) is 0 Å². The van der Waals surface area contributed by atoms with Crippen LogP contribution in [-0.2, 0) is 5.41 Å². The highest BCUT2D eigenvalue weighted by atomic mass is 16.5. The lowest BCUT2D eigenvalue weighted by molar-refractivity contribution is 0.0134. The second kappa shape index (κ2) is 4.04. The lowest BCUT2D eigenvalue weighted by atomic mass is 9.64. The fraction of sp³-hybridized carbons (Fsp3) is 0.625. The first kappa shape index (κ1) is 12.3. The third-order valence-corrected chi connectivity index (χ3v) is 5.41. The van der Waals surface area contributed by atoms with Crippen molar-refractivity contribution in [3.63, 3.8) is 0 Å². The molecule has 4 nitrogen and oxygen atoms in total. The van der Waals surface area contributed by atoms with Gasteiger partial charge in [-0.1, -0.05) is 0 Å². The Balaban J connectivity index is 1.92. The number of benzene rings is 1. The molecular formula is C16H21NO3. The number of anilines is 1. The molecule has 2 aliphatic heterocycles. The molecule has 0 aromatic heterocycles. The maximum absolute atomic E-state index is 9.99. The minimum Gasteiger partial charge on any atom is -0.493 e. The van der Waals surface area contributed by atoms with E-state index in [1.165, 1.54) is 11.3 Å². The second-order valence-electron chi connectivity index (χ2n) is 6.35. The van der Waals surface area contributed by atoms with Gasteiger partial charge in [-0.25, -0.2) is 0 Å². The first-order valence-corrected chi connectivity index (χ1v) is 7.43. The molecule has 20 heavy (non-hydrogen) atoms. The van der Waals surface area contributed by atoms with Crippen molar-refractivity contribution >= 4 is 5.69 Å². The zero-order valence-electron chi connectivity index (χ0n) is 12.1. The monoisotopic (exact) mass is 275 g/mol. The molecule has 3 atom stereocenters. The molecule has 3 unspecified atom stereocenters. The molecule has 0 bridgehead atoms. The molecule has 1 saturated carbocycles. The van der Waals surface area contributed by atoms with Crippen molar-refractivity contribution in [1.82, 2.24) is 0 Å². The van der Waals surface area contributed by atoms with E-state index >= 15 is 0 Å². The van der Waals surface area contributed by atoms with Crippen molar-refractivity contribution in [2.45, 2.75) is 43.3 Å². The average Bonchev–Trinajstić information content (AvgIpc) is 2.79. The summed E-state index contributed by atoms with van der Waals surface area (Å²) in [5.41, 5.74) is 2.68. The minimum atomic E-state index is -0.228. The molecule has 108 valence electrons. The largest absolute Gasteiger partial charge is 0.493 e.